The van der Waals surface area contributed by atoms with Gasteiger partial charge in [-0.25, -0.2) is 0 Å². The molecule has 0 aromatic heterocycles. The topological polar surface area (TPSA) is 108 Å². The van der Waals surface area contributed by atoms with E-state index in [-0.39, 0.29) is 36.1 Å². The van der Waals surface area contributed by atoms with Crippen molar-refractivity contribution < 1.29 is 24.2 Å². The summed E-state index contributed by atoms with van der Waals surface area (Å²) in [6.07, 6.45) is 1.46. The van der Waals surface area contributed by atoms with Crippen LogP contribution in [0.15, 0.2) is 54.6 Å². The summed E-state index contributed by atoms with van der Waals surface area (Å²) in [4.78, 5) is 42.1. The molecule has 2 aromatic rings. The van der Waals surface area contributed by atoms with Crippen LogP contribution in [0, 0.1) is 11.8 Å². The first kappa shape index (κ1) is 24.6. The molecule has 2 aromatic carbocycles. The van der Waals surface area contributed by atoms with E-state index in [1.165, 1.54) is 4.90 Å². The van der Waals surface area contributed by atoms with Gasteiger partial charge in [-0.3, -0.25) is 14.4 Å². The second-order valence-corrected chi connectivity index (χ2v) is 11.1. The summed E-state index contributed by atoms with van der Waals surface area (Å²) in [5, 5.41) is 15.6. The smallest absolute Gasteiger partial charge is 0.244 e. The predicted molar refractivity (Wildman–Crippen MR) is 137 cm³/mol. The number of nitrogens with zero attached hydrogens (tertiary/aromatic N) is 1. The highest BCUT2D eigenvalue weighted by atomic mass is 32.2. The van der Waals surface area contributed by atoms with E-state index in [1.807, 2.05) is 37.3 Å². The van der Waals surface area contributed by atoms with Crippen LogP contribution in [0.25, 0.3) is 0 Å². The molecule has 8 nitrogen and oxygen atoms in total. The molecule has 36 heavy (non-hydrogen) atoms. The lowest BCUT2D eigenvalue weighted by Gasteiger charge is -2.34. The molecule has 5 rings (SSSR count). The lowest BCUT2D eigenvalue weighted by Crippen LogP contribution is -2.53. The fraction of sp³-hybridized carbons (Fsp3) is 0.444. The molecule has 3 fully saturated rings. The van der Waals surface area contributed by atoms with Crippen LogP contribution in [0.2, 0.25) is 0 Å². The Labute approximate surface area is 214 Å². The van der Waals surface area contributed by atoms with Crippen molar-refractivity contribution >= 4 is 35.2 Å². The van der Waals surface area contributed by atoms with Gasteiger partial charge in [-0.15, -0.1) is 11.8 Å². The van der Waals surface area contributed by atoms with Crippen LogP contribution in [0.1, 0.15) is 25.3 Å². The minimum absolute atomic E-state index is 0.0256. The summed E-state index contributed by atoms with van der Waals surface area (Å²) in [5.74, 6) is -1.06. The van der Waals surface area contributed by atoms with Crippen molar-refractivity contribution in [1.29, 1.82) is 0 Å². The summed E-state index contributed by atoms with van der Waals surface area (Å²) >= 11 is 1.61. The molecule has 3 aliphatic rings. The largest absolute Gasteiger partial charge is 0.494 e. The number of ether oxygens (including phenoxy) is 1. The lowest BCUT2D eigenvalue weighted by molar-refractivity contribution is -0.139. The normalized spacial score (nSPS) is 28.2. The molecule has 2 bridgehead atoms. The summed E-state index contributed by atoms with van der Waals surface area (Å²) in [6.45, 7) is 2.65. The number of hydrogen-bond acceptors (Lipinski definition) is 6. The second kappa shape index (κ2) is 10.1. The first-order valence-electron chi connectivity index (χ1n) is 12.4. The van der Waals surface area contributed by atoms with E-state index in [0.29, 0.717) is 25.3 Å². The number of nitrogens with one attached hydrogen (secondary N) is 2. The monoisotopic (exact) mass is 509 g/mol. The van der Waals surface area contributed by atoms with E-state index >= 15 is 0 Å². The highest BCUT2D eigenvalue weighted by Gasteiger charge is 2.73. The predicted octanol–water partition coefficient (Wildman–Crippen LogP) is 2.42. The number of thioether (sulfide) groups is 1. The number of carbonyl (C=O) groups is 3. The van der Waals surface area contributed by atoms with Crippen molar-refractivity contribution in [3.63, 3.8) is 0 Å². The number of aliphatic hydroxyl groups is 1. The van der Waals surface area contributed by atoms with Gasteiger partial charge in [-0.1, -0.05) is 30.3 Å². The van der Waals surface area contributed by atoms with Crippen LogP contribution < -0.4 is 15.4 Å². The molecule has 3 aliphatic heterocycles. The maximum Gasteiger partial charge on any atom is 0.244 e. The van der Waals surface area contributed by atoms with Crippen LogP contribution in [0.3, 0.4) is 0 Å². The molecule has 3 saturated heterocycles. The lowest BCUT2D eigenvalue weighted by atomic mass is 9.70. The van der Waals surface area contributed by atoms with Gasteiger partial charge in [0.15, 0.2) is 0 Å². The van der Waals surface area contributed by atoms with Gasteiger partial charge >= 0.3 is 0 Å². The van der Waals surface area contributed by atoms with E-state index in [9.17, 15) is 19.5 Å². The number of fused-ring (bicyclic) bond motifs is 1. The SMILES string of the molecule is CCOc1ccc(NC(=O)[C@@H]2[C@H]3C(=O)N(CCO)C(C(=O)NCc4ccccc4)C34CC[C@H]2S4)cc1. The quantitative estimate of drug-likeness (QED) is 0.479. The van der Waals surface area contributed by atoms with Gasteiger partial charge in [-0.05, 0) is 49.6 Å². The van der Waals surface area contributed by atoms with Crippen LogP contribution in [-0.2, 0) is 20.9 Å². The first-order chi connectivity index (χ1) is 17.5. The van der Waals surface area contributed by atoms with Gasteiger partial charge in [0, 0.05) is 24.0 Å². The Morgan fingerprint density at radius 1 is 1.14 bits per heavy atom. The zero-order chi connectivity index (χ0) is 25.3. The van der Waals surface area contributed by atoms with Gasteiger partial charge in [0.05, 0.1) is 29.8 Å². The molecule has 9 heteroatoms. The van der Waals surface area contributed by atoms with Crippen molar-refractivity contribution in [3.05, 3.63) is 60.2 Å². The Morgan fingerprint density at radius 2 is 1.89 bits per heavy atom. The summed E-state index contributed by atoms with van der Waals surface area (Å²) in [5.41, 5.74) is 1.61. The number of amides is 3. The summed E-state index contributed by atoms with van der Waals surface area (Å²) in [6, 6.07) is 16.1. The van der Waals surface area contributed by atoms with E-state index in [2.05, 4.69) is 10.6 Å². The van der Waals surface area contributed by atoms with Gasteiger partial charge in [-0.2, -0.15) is 0 Å². The average molecular weight is 510 g/mol. The number of likely N-dealkylation sites (tertiary alicyclic amines) is 1. The molecular formula is C27H31N3O5S. The van der Waals surface area contributed by atoms with Crippen LogP contribution in [0.4, 0.5) is 5.69 Å². The minimum Gasteiger partial charge on any atom is -0.494 e. The summed E-state index contributed by atoms with van der Waals surface area (Å²) < 4.78 is 4.80. The van der Waals surface area contributed by atoms with Gasteiger partial charge in [0.1, 0.15) is 11.8 Å². The molecule has 3 heterocycles. The van der Waals surface area contributed by atoms with E-state index in [4.69, 9.17) is 4.74 Å². The number of β-amino-alcohol motifs (C(OH)–C–C–N with tert-alkyl or cyclic N) is 1. The summed E-state index contributed by atoms with van der Waals surface area (Å²) in [7, 11) is 0. The van der Waals surface area contributed by atoms with Crippen molar-refractivity contribution in [3.8, 4) is 5.75 Å². The number of aliphatic hydroxyl groups excluding tert-OH is 1. The molecule has 3 amide bonds. The Balaban J connectivity index is 1.37. The molecule has 5 atom stereocenters. The Morgan fingerprint density at radius 3 is 2.58 bits per heavy atom. The van der Waals surface area contributed by atoms with Crippen molar-refractivity contribution in [2.75, 3.05) is 25.1 Å². The third kappa shape index (κ3) is 4.24. The molecular weight excluding hydrogens is 478 g/mol. The minimum atomic E-state index is -0.718. The zero-order valence-corrected chi connectivity index (χ0v) is 21.0. The third-order valence-electron chi connectivity index (χ3n) is 7.43. The maximum absolute atomic E-state index is 13.7. The zero-order valence-electron chi connectivity index (χ0n) is 20.2. The van der Waals surface area contributed by atoms with Gasteiger partial charge in [0.25, 0.3) is 0 Å². The van der Waals surface area contributed by atoms with E-state index < -0.39 is 22.6 Å². The Bertz CT molecular complexity index is 1130. The molecule has 2 unspecified atom stereocenters. The first-order valence-corrected chi connectivity index (χ1v) is 13.3. The highest BCUT2D eigenvalue weighted by molar-refractivity contribution is 8.02. The number of benzene rings is 2. The molecule has 0 saturated carbocycles. The molecule has 1 spiro atoms. The van der Waals surface area contributed by atoms with Crippen LogP contribution >= 0.6 is 11.8 Å². The van der Waals surface area contributed by atoms with Crippen molar-refractivity contribution in [1.82, 2.24) is 10.2 Å². The van der Waals surface area contributed by atoms with Crippen molar-refractivity contribution in [2.24, 2.45) is 11.8 Å². The fourth-order valence-electron chi connectivity index (χ4n) is 6.01. The van der Waals surface area contributed by atoms with Crippen LogP contribution in [0.5, 0.6) is 5.75 Å². The maximum atomic E-state index is 13.7. The van der Waals surface area contributed by atoms with Gasteiger partial charge in [0.2, 0.25) is 17.7 Å². The van der Waals surface area contributed by atoms with E-state index in [0.717, 1.165) is 17.7 Å². The number of carbonyl (C=O) groups excluding carboxylic acids is 3. The highest BCUT2D eigenvalue weighted by Crippen LogP contribution is 2.66. The molecule has 0 aliphatic carbocycles. The standard InChI is InChI=1S/C27H31N3O5S/c1-2-35-19-10-8-18(9-11-19)29-24(32)21-20-12-13-27(36-20)22(21)26(34)30(14-15-31)23(27)25(33)28-16-17-6-4-3-5-7-17/h3-11,20-23,31H,2,12-16H2,1H3,(H,28,33)(H,29,32)/t20-,21+,22+,23?,27?/m1/s1. The molecule has 0 radical (unpaired) electrons. The Hall–Kier alpha value is -3.04. The van der Waals surface area contributed by atoms with E-state index in [1.54, 1.807) is 36.0 Å². The number of anilines is 1. The molecule has 190 valence electrons. The molecule has 3 N–H and O–H groups in total. The Kier molecular flexibility index (Phi) is 6.94. The van der Waals surface area contributed by atoms with Gasteiger partial charge < -0.3 is 25.4 Å². The number of rotatable bonds is 9. The third-order valence-corrected chi connectivity index (χ3v) is 9.39. The van der Waals surface area contributed by atoms with Crippen LogP contribution in [-0.4, -0.2) is 63.5 Å². The average Bonchev–Trinajstić information content (AvgIpc) is 3.52. The fourth-order valence-corrected chi connectivity index (χ4v) is 8.23. The second-order valence-electron chi connectivity index (χ2n) is 9.46. The van der Waals surface area contributed by atoms with Crippen molar-refractivity contribution in [2.45, 2.75) is 42.3 Å². The number of hydrogen-bond donors (Lipinski definition) is 3.